The molecule has 0 bridgehead atoms. The summed E-state index contributed by atoms with van der Waals surface area (Å²) < 4.78 is 0. The van der Waals surface area contributed by atoms with Gasteiger partial charge in [-0.3, -0.25) is 4.79 Å². The summed E-state index contributed by atoms with van der Waals surface area (Å²) in [4.78, 5) is 10.7. The van der Waals surface area contributed by atoms with Crippen molar-refractivity contribution in [3.63, 3.8) is 0 Å². The highest BCUT2D eigenvalue weighted by atomic mass is 16.1. The van der Waals surface area contributed by atoms with E-state index >= 15 is 0 Å². The Kier molecular flexibility index (Phi) is 1.78. The van der Waals surface area contributed by atoms with Crippen molar-refractivity contribution in [2.45, 2.75) is 12.8 Å². The number of aldehydes is 1. The molecule has 0 aliphatic heterocycles. The molecule has 60 valence electrons. The van der Waals surface area contributed by atoms with E-state index in [1.165, 1.54) is 5.56 Å². The van der Waals surface area contributed by atoms with Crippen molar-refractivity contribution in [1.82, 2.24) is 0 Å². The fourth-order valence-electron chi connectivity index (χ4n) is 1.62. The Labute approximate surface area is 71.7 Å². The number of aryl methyl sites for hydroxylation is 1. The second-order valence-electron chi connectivity index (χ2n) is 2.97. The van der Waals surface area contributed by atoms with Crippen LogP contribution in [0.4, 0.5) is 0 Å². The predicted molar refractivity (Wildman–Crippen MR) is 48.8 cm³/mol. The van der Waals surface area contributed by atoms with Crippen LogP contribution in [-0.4, -0.2) is 6.29 Å². The van der Waals surface area contributed by atoms with Gasteiger partial charge in [-0.1, -0.05) is 30.3 Å². The minimum absolute atomic E-state index is 0.844. The van der Waals surface area contributed by atoms with Gasteiger partial charge in [0.15, 0.2) is 0 Å². The Morgan fingerprint density at radius 3 is 2.92 bits per heavy atom. The van der Waals surface area contributed by atoms with Crippen LogP contribution < -0.4 is 0 Å². The molecule has 0 unspecified atom stereocenters. The van der Waals surface area contributed by atoms with E-state index in [1.807, 2.05) is 24.3 Å². The Morgan fingerprint density at radius 2 is 2.08 bits per heavy atom. The summed E-state index contributed by atoms with van der Waals surface area (Å²) in [5, 5.41) is 0. The molecular weight excluding hydrogens is 148 g/mol. The smallest absolute Gasteiger partial charge is 0.150 e. The lowest BCUT2D eigenvalue weighted by molar-refractivity contribution is -0.103. The van der Waals surface area contributed by atoms with E-state index in [0.717, 1.165) is 30.3 Å². The van der Waals surface area contributed by atoms with E-state index < -0.39 is 0 Å². The molecule has 2 rings (SSSR count). The van der Waals surface area contributed by atoms with Gasteiger partial charge >= 0.3 is 0 Å². The summed E-state index contributed by atoms with van der Waals surface area (Å²) in [6.45, 7) is 0. The van der Waals surface area contributed by atoms with E-state index in [2.05, 4.69) is 6.07 Å². The lowest BCUT2D eigenvalue weighted by Crippen LogP contribution is -1.99. The molecule has 1 aromatic carbocycles. The number of hydrogen-bond donors (Lipinski definition) is 0. The molecule has 1 aromatic rings. The first-order chi connectivity index (χ1) is 5.92. The summed E-state index contributed by atoms with van der Waals surface area (Å²) in [6, 6.07) is 8.09. The molecule has 0 N–H and O–H groups in total. The lowest BCUT2D eigenvalue weighted by atomic mass is 9.92. The Hall–Kier alpha value is -1.37. The molecule has 0 saturated carbocycles. The van der Waals surface area contributed by atoms with E-state index in [9.17, 15) is 4.79 Å². The molecule has 1 nitrogen and oxygen atoms in total. The third-order valence-electron chi connectivity index (χ3n) is 2.23. The first-order valence-electron chi connectivity index (χ1n) is 4.15. The standard InChI is InChI=1S/C11H10O/c12-8-10-6-3-5-9-4-1-2-7-11(9)10/h1-2,4,6-8H,3,5H2. The van der Waals surface area contributed by atoms with Gasteiger partial charge in [0.25, 0.3) is 0 Å². The van der Waals surface area contributed by atoms with Crippen molar-refractivity contribution >= 4 is 11.9 Å². The number of carbonyl (C=O) groups is 1. The monoisotopic (exact) mass is 158 g/mol. The summed E-state index contributed by atoms with van der Waals surface area (Å²) in [6.07, 6.45) is 5.01. The van der Waals surface area contributed by atoms with Gasteiger partial charge in [0.1, 0.15) is 6.29 Å². The second-order valence-corrected chi connectivity index (χ2v) is 2.97. The van der Waals surface area contributed by atoms with Crippen LogP contribution in [0.3, 0.4) is 0 Å². The third-order valence-corrected chi connectivity index (χ3v) is 2.23. The molecule has 1 aliphatic rings. The zero-order chi connectivity index (χ0) is 8.39. The van der Waals surface area contributed by atoms with Crippen LogP contribution in [0.1, 0.15) is 17.5 Å². The maximum absolute atomic E-state index is 10.7. The SMILES string of the molecule is O=CC1=CCCc2ccccc21. The topological polar surface area (TPSA) is 17.1 Å². The van der Waals surface area contributed by atoms with Crippen molar-refractivity contribution in [3.05, 3.63) is 41.5 Å². The van der Waals surface area contributed by atoms with Crippen molar-refractivity contribution in [2.24, 2.45) is 0 Å². The third kappa shape index (κ3) is 1.07. The van der Waals surface area contributed by atoms with Crippen LogP contribution in [0.25, 0.3) is 5.57 Å². The molecule has 1 aliphatic carbocycles. The molecule has 12 heavy (non-hydrogen) atoms. The number of carbonyl (C=O) groups excluding carboxylic acids is 1. The highest BCUT2D eigenvalue weighted by Crippen LogP contribution is 2.24. The van der Waals surface area contributed by atoms with Crippen LogP contribution in [0.5, 0.6) is 0 Å². The fourth-order valence-corrected chi connectivity index (χ4v) is 1.62. The maximum atomic E-state index is 10.7. The fraction of sp³-hybridized carbons (Fsp3) is 0.182. The molecule has 0 radical (unpaired) electrons. The predicted octanol–water partition coefficient (Wildman–Crippen LogP) is 2.22. The van der Waals surface area contributed by atoms with Crippen molar-refractivity contribution in [3.8, 4) is 0 Å². The molecule has 0 saturated heterocycles. The van der Waals surface area contributed by atoms with Crippen LogP contribution in [-0.2, 0) is 11.2 Å². The van der Waals surface area contributed by atoms with Crippen molar-refractivity contribution in [1.29, 1.82) is 0 Å². The Morgan fingerprint density at radius 1 is 1.25 bits per heavy atom. The largest absolute Gasteiger partial charge is 0.298 e. The molecule has 0 amide bonds. The van der Waals surface area contributed by atoms with Gasteiger partial charge in [-0.05, 0) is 24.0 Å². The molecule has 0 fully saturated rings. The Bertz CT molecular complexity index is 337. The van der Waals surface area contributed by atoms with Gasteiger partial charge in [0, 0.05) is 5.57 Å². The number of rotatable bonds is 1. The highest BCUT2D eigenvalue weighted by molar-refractivity contribution is 6.07. The van der Waals surface area contributed by atoms with Gasteiger partial charge in [-0.15, -0.1) is 0 Å². The number of fused-ring (bicyclic) bond motifs is 1. The van der Waals surface area contributed by atoms with Crippen molar-refractivity contribution in [2.75, 3.05) is 0 Å². The average molecular weight is 158 g/mol. The van der Waals surface area contributed by atoms with E-state index in [4.69, 9.17) is 0 Å². The summed E-state index contributed by atoms with van der Waals surface area (Å²) in [5.74, 6) is 0. The summed E-state index contributed by atoms with van der Waals surface area (Å²) in [5.41, 5.74) is 3.25. The minimum atomic E-state index is 0.844. The quantitative estimate of drug-likeness (QED) is 0.573. The van der Waals surface area contributed by atoms with Crippen LogP contribution in [0.2, 0.25) is 0 Å². The first-order valence-corrected chi connectivity index (χ1v) is 4.15. The van der Waals surface area contributed by atoms with E-state index in [-0.39, 0.29) is 0 Å². The molecule has 0 aromatic heterocycles. The zero-order valence-corrected chi connectivity index (χ0v) is 6.79. The van der Waals surface area contributed by atoms with E-state index in [1.54, 1.807) is 0 Å². The number of allylic oxidation sites excluding steroid dienone is 2. The Balaban J connectivity index is 2.55. The van der Waals surface area contributed by atoms with Crippen LogP contribution in [0, 0.1) is 0 Å². The van der Waals surface area contributed by atoms with Crippen LogP contribution >= 0.6 is 0 Å². The number of hydrogen-bond acceptors (Lipinski definition) is 1. The normalized spacial score (nSPS) is 14.8. The molecule has 0 spiro atoms. The molecule has 1 heteroatoms. The van der Waals surface area contributed by atoms with Gasteiger partial charge in [0.05, 0.1) is 0 Å². The number of benzene rings is 1. The van der Waals surface area contributed by atoms with E-state index in [0.29, 0.717) is 0 Å². The van der Waals surface area contributed by atoms with Gasteiger partial charge in [-0.25, -0.2) is 0 Å². The first kappa shape index (κ1) is 7.29. The minimum Gasteiger partial charge on any atom is -0.298 e. The van der Waals surface area contributed by atoms with Gasteiger partial charge < -0.3 is 0 Å². The molecular formula is C11H10O. The summed E-state index contributed by atoms with van der Waals surface area (Å²) in [7, 11) is 0. The van der Waals surface area contributed by atoms with Crippen LogP contribution in [0.15, 0.2) is 30.3 Å². The lowest BCUT2D eigenvalue weighted by Gasteiger charge is -2.12. The van der Waals surface area contributed by atoms with Gasteiger partial charge in [-0.2, -0.15) is 0 Å². The molecule has 0 atom stereocenters. The average Bonchev–Trinajstić information content (AvgIpc) is 2.17. The molecule has 0 heterocycles. The highest BCUT2D eigenvalue weighted by Gasteiger charge is 2.09. The second kappa shape index (κ2) is 2.94. The van der Waals surface area contributed by atoms with Gasteiger partial charge in [0.2, 0.25) is 0 Å². The zero-order valence-electron chi connectivity index (χ0n) is 6.79. The summed E-state index contributed by atoms with van der Waals surface area (Å²) >= 11 is 0. The van der Waals surface area contributed by atoms with Crippen molar-refractivity contribution < 1.29 is 4.79 Å². The maximum Gasteiger partial charge on any atom is 0.150 e.